The van der Waals surface area contributed by atoms with Crippen LogP contribution in [0.1, 0.15) is 24.8 Å². The van der Waals surface area contributed by atoms with Crippen molar-refractivity contribution in [2.45, 2.75) is 25.4 Å². The van der Waals surface area contributed by atoms with Gasteiger partial charge in [0.1, 0.15) is 17.4 Å². The molecule has 0 fully saturated rings. The maximum atomic E-state index is 13.5. The van der Waals surface area contributed by atoms with E-state index in [2.05, 4.69) is 0 Å². The van der Waals surface area contributed by atoms with Gasteiger partial charge in [-0.25, -0.2) is 0 Å². The minimum absolute atomic E-state index is 0.102. The van der Waals surface area contributed by atoms with E-state index in [-0.39, 0.29) is 5.75 Å². The van der Waals surface area contributed by atoms with Gasteiger partial charge in [-0.05, 0) is 45.7 Å². The van der Waals surface area contributed by atoms with Crippen LogP contribution in [-0.4, -0.2) is 22.3 Å². The Morgan fingerprint density at radius 1 is 0.743 bits per heavy atom. The van der Waals surface area contributed by atoms with Gasteiger partial charge in [-0.1, -0.05) is 97.9 Å². The first-order valence-corrected chi connectivity index (χ1v) is 11.8. The first-order valence-electron chi connectivity index (χ1n) is 11.8. The minimum atomic E-state index is -0.889. The highest BCUT2D eigenvalue weighted by atomic mass is 16.5. The molecule has 0 unspecified atom stereocenters. The molecule has 0 heterocycles. The summed E-state index contributed by atoms with van der Waals surface area (Å²) < 4.78 is 6.04. The third kappa shape index (κ3) is 4.25. The molecule has 0 spiro atoms. The van der Waals surface area contributed by atoms with Crippen LogP contribution >= 0.6 is 0 Å². The molecular weight excluding hydrogens is 436 g/mol. The summed E-state index contributed by atoms with van der Waals surface area (Å²) in [6, 6.07) is 32.0. The molecule has 2 atom stereocenters. The molecule has 0 bridgehead atoms. The van der Waals surface area contributed by atoms with E-state index in [4.69, 9.17) is 4.74 Å². The molecule has 4 nitrogen and oxygen atoms in total. The van der Waals surface area contributed by atoms with Crippen molar-refractivity contribution in [2.24, 2.45) is 0 Å². The first-order chi connectivity index (χ1) is 17.1. The molecule has 0 aliphatic carbocycles. The zero-order valence-corrected chi connectivity index (χ0v) is 19.4. The number of phenols is 1. The van der Waals surface area contributed by atoms with E-state index >= 15 is 0 Å². The predicted molar refractivity (Wildman–Crippen MR) is 140 cm³/mol. The number of aliphatic hydroxyl groups is 1. The van der Waals surface area contributed by atoms with Gasteiger partial charge in [-0.15, -0.1) is 0 Å². The Kier molecular flexibility index (Phi) is 6.21. The number of hydrogen-bond acceptors (Lipinski definition) is 4. The van der Waals surface area contributed by atoms with E-state index in [0.29, 0.717) is 28.9 Å². The Morgan fingerprint density at radius 3 is 1.97 bits per heavy atom. The topological polar surface area (TPSA) is 66.8 Å². The number of esters is 1. The molecule has 0 saturated carbocycles. The predicted octanol–water partition coefficient (Wildman–Crippen LogP) is 6.83. The molecule has 174 valence electrons. The Balaban J connectivity index is 1.70. The van der Waals surface area contributed by atoms with Gasteiger partial charge in [0.15, 0.2) is 0 Å². The average Bonchev–Trinajstić information content (AvgIpc) is 2.89. The van der Waals surface area contributed by atoms with E-state index in [9.17, 15) is 15.0 Å². The maximum Gasteiger partial charge on any atom is 0.321 e. The number of phenolic OH excluding ortho intramolecular Hbond substituents is 1. The van der Waals surface area contributed by atoms with Gasteiger partial charge in [0, 0.05) is 11.1 Å². The van der Waals surface area contributed by atoms with Crippen LogP contribution in [-0.2, 0) is 4.79 Å². The minimum Gasteiger partial charge on any atom is -0.507 e. The van der Waals surface area contributed by atoms with Gasteiger partial charge in [-0.3, -0.25) is 4.79 Å². The molecule has 35 heavy (non-hydrogen) atoms. The molecule has 0 aliphatic heterocycles. The average molecular weight is 463 g/mol. The van der Waals surface area contributed by atoms with Crippen molar-refractivity contribution in [3.63, 3.8) is 0 Å². The number of carbonyl (C=O) groups is 1. The lowest BCUT2D eigenvalue weighted by molar-refractivity contribution is -0.138. The fraction of sp³-hybridized carbons (Fsp3) is 0.129. The molecule has 5 aromatic carbocycles. The van der Waals surface area contributed by atoms with Gasteiger partial charge in [-0.2, -0.15) is 0 Å². The Bertz CT molecular complexity index is 1510. The zero-order valence-electron chi connectivity index (χ0n) is 19.4. The highest BCUT2D eigenvalue weighted by Crippen LogP contribution is 2.45. The monoisotopic (exact) mass is 462 g/mol. The van der Waals surface area contributed by atoms with Gasteiger partial charge in [0.05, 0.1) is 6.10 Å². The van der Waals surface area contributed by atoms with Crippen molar-refractivity contribution in [1.29, 1.82) is 0 Å². The number of fused-ring (bicyclic) bond motifs is 2. The van der Waals surface area contributed by atoms with Crippen molar-refractivity contribution < 1.29 is 19.7 Å². The van der Waals surface area contributed by atoms with Crippen LogP contribution in [0.4, 0.5) is 0 Å². The number of carbonyl (C=O) groups excluding carboxylic acids is 1. The SMILES string of the molecule is CC[C@@H](O)[C@H](C(=O)Oc1ccc2ccccc2c1-c1c(O)ccc2ccccc12)c1ccccc1. The fourth-order valence-corrected chi connectivity index (χ4v) is 4.70. The largest absolute Gasteiger partial charge is 0.507 e. The van der Waals surface area contributed by atoms with E-state index in [1.807, 2.05) is 97.9 Å². The van der Waals surface area contributed by atoms with Crippen LogP contribution in [0.15, 0.2) is 103 Å². The van der Waals surface area contributed by atoms with E-state index in [1.54, 1.807) is 12.1 Å². The Hall–Kier alpha value is -4.15. The molecule has 5 rings (SSSR count). The molecule has 0 aliphatic rings. The van der Waals surface area contributed by atoms with Crippen LogP contribution in [0, 0.1) is 0 Å². The van der Waals surface area contributed by atoms with Crippen LogP contribution in [0.3, 0.4) is 0 Å². The second-order valence-electron chi connectivity index (χ2n) is 8.63. The van der Waals surface area contributed by atoms with E-state index < -0.39 is 18.0 Å². The van der Waals surface area contributed by atoms with Crippen molar-refractivity contribution >= 4 is 27.5 Å². The van der Waals surface area contributed by atoms with Gasteiger partial charge < -0.3 is 14.9 Å². The number of aromatic hydroxyl groups is 1. The molecule has 0 saturated heterocycles. The second-order valence-corrected chi connectivity index (χ2v) is 8.63. The van der Waals surface area contributed by atoms with Gasteiger partial charge in [0.25, 0.3) is 0 Å². The smallest absolute Gasteiger partial charge is 0.321 e. The summed E-state index contributed by atoms with van der Waals surface area (Å²) in [5, 5.41) is 25.4. The zero-order chi connectivity index (χ0) is 24.4. The fourth-order valence-electron chi connectivity index (χ4n) is 4.70. The lowest BCUT2D eigenvalue weighted by Gasteiger charge is -2.22. The molecule has 0 radical (unpaired) electrons. The summed E-state index contributed by atoms with van der Waals surface area (Å²) in [5.74, 6) is -0.932. The first kappa shape index (κ1) is 22.6. The van der Waals surface area contributed by atoms with Crippen molar-refractivity contribution in [2.75, 3.05) is 0 Å². The van der Waals surface area contributed by atoms with Gasteiger partial charge >= 0.3 is 5.97 Å². The highest BCUT2D eigenvalue weighted by molar-refractivity contribution is 6.10. The third-order valence-corrected chi connectivity index (χ3v) is 6.47. The van der Waals surface area contributed by atoms with Crippen LogP contribution in [0.2, 0.25) is 0 Å². The number of rotatable bonds is 6. The number of hydrogen-bond donors (Lipinski definition) is 2. The van der Waals surface area contributed by atoms with Crippen LogP contribution in [0.25, 0.3) is 32.7 Å². The van der Waals surface area contributed by atoms with E-state index in [1.165, 1.54) is 0 Å². The normalized spacial score (nSPS) is 13.0. The highest BCUT2D eigenvalue weighted by Gasteiger charge is 2.30. The standard InChI is InChI=1S/C31H26O4/c1-2-25(32)28(22-12-4-3-5-13-22)31(34)35-27-19-17-21-11-7-9-15-24(21)30(27)29-23-14-8-6-10-20(23)16-18-26(29)33/h3-19,25,28,32-33H,2H2,1H3/t25-,28-/m1/s1. The summed E-state index contributed by atoms with van der Waals surface area (Å²) in [5.41, 5.74) is 1.95. The lowest BCUT2D eigenvalue weighted by Crippen LogP contribution is -2.29. The van der Waals surface area contributed by atoms with Crippen LogP contribution in [0.5, 0.6) is 11.5 Å². The number of ether oxygens (including phenoxy) is 1. The second kappa shape index (κ2) is 9.61. The van der Waals surface area contributed by atoms with Crippen molar-refractivity contribution in [1.82, 2.24) is 0 Å². The van der Waals surface area contributed by atoms with Crippen LogP contribution < -0.4 is 4.74 Å². The van der Waals surface area contributed by atoms with Crippen molar-refractivity contribution in [3.8, 4) is 22.6 Å². The summed E-state index contributed by atoms with van der Waals surface area (Å²) in [6.45, 7) is 1.84. The van der Waals surface area contributed by atoms with Gasteiger partial charge in [0.2, 0.25) is 0 Å². The summed E-state index contributed by atoms with van der Waals surface area (Å²) in [4.78, 5) is 13.5. The third-order valence-electron chi connectivity index (χ3n) is 6.47. The molecule has 5 aromatic rings. The summed E-state index contributed by atoms with van der Waals surface area (Å²) >= 11 is 0. The summed E-state index contributed by atoms with van der Waals surface area (Å²) in [6.07, 6.45) is -0.483. The molecule has 2 N–H and O–H groups in total. The Labute approximate surface area is 204 Å². The Morgan fingerprint density at radius 2 is 1.31 bits per heavy atom. The number of benzene rings is 5. The van der Waals surface area contributed by atoms with Crippen molar-refractivity contribution in [3.05, 3.63) is 109 Å². The number of aliphatic hydroxyl groups excluding tert-OH is 1. The van der Waals surface area contributed by atoms with E-state index in [0.717, 1.165) is 21.5 Å². The quantitative estimate of drug-likeness (QED) is 0.214. The molecule has 4 heteroatoms. The molecule has 0 aromatic heterocycles. The lowest BCUT2D eigenvalue weighted by atomic mass is 9.91. The maximum absolute atomic E-state index is 13.5. The molecular formula is C31H26O4. The molecule has 0 amide bonds. The summed E-state index contributed by atoms with van der Waals surface area (Å²) in [7, 11) is 0.